The third-order valence-corrected chi connectivity index (χ3v) is 6.83. The first-order valence-corrected chi connectivity index (χ1v) is 12.0. The minimum atomic E-state index is -0.475. The lowest BCUT2D eigenvalue weighted by Gasteiger charge is -2.14. The molecule has 1 N–H and O–H groups in total. The SMILES string of the molecule is COC(=O)CCCC#CC=C1C(=O)C(Sc2ccccc2)=CC1C=CC(O)C1CCCC1. The van der Waals surface area contributed by atoms with Gasteiger partial charge < -0.3 is 9.84 Å². The van der Waals surface area contributed by atoms with E-state index in [1.807, 2.05) is 48.6 Å². The maximum absolute atomic E-state index is 13.1. The van der Waals surface area contributed by atoms with Gasteiger partial charge in [0.05, 0.1) is 18.1 Å². The Morgan fingerprint density at radius 2 is 2.03 bits per heavy atom. The standard InChI is InChI=1S/C27H30O4S/c1-31-26(29)16-8-3-2-7-15-23-21(17-18-24(28)20-11-9-10-12-20)19-25(27(23)30)32-22-13-5-4-6-14-22/h4-6,13-15,17-21,24,28H,3,8-12,16H2,1H3. The quantitative estimate of drug-likeness (QED) is 0.193. The number of allylic oxidation sites excluding steroid dienone is 5. The summed E-state index contributed by atoms with van der Waals surface area (Å²) in [4.78, 5) is 26.0. The molecule has 2 aliphatic rings. The summed E-state index contributed by atoms with van der Waals surface area (Å²) in [5.74, 6) is 5.85. The van der Waals surface area contributed by atoms with E-state index in [0.29, 0.717) is 35.7 Å². The Kier molecular flexibility index (Phi) is 9.40. The molecule has 2 aliphatic carbocycles. The molecular formula is C27H30O4S. The third kappa shape index (κ3) is 6.98. The number of ether oxygens (including phenoxy) is 1. The molecule has 0 aromatic heterocycles. The second kappa shape index (κ2) is 12.5. The van der Waals surface area contributed by atoms with E-state index in [-0.39, 0.29) is 17.7 Å². The van der Waals surface area contributed by atoms with Crippen LogP contribution in [0.3, 0.4) is 0 Å². The smallest absolute Gasteiger partial charge is 0.305 e. The summed E-state index contributed by atoms with van der Waals surface area (Å²) >= 11 is 1.45. The first kappa shape index (κ1) is 24.1. The van der Waals surface area contributed by atoms with E-state index in [4.69, 9.17) is 0 Å². The summed E-state index contributed by atoms with van der Waals surface area (Å²) in [6.45, 7) is 0. The number of carbonyl (C=O) groups is 2. The lowest BCUT2D eigenvalue weighted by atomic mass is 9.96. The van der Waals surface area contributed by atoms with Crippen molar-refractivity contribution >= 4 is 23.5 Å². The van der Waals surface area contributed by atoms with E-state index in [1.54, 1.807) is 6.08 Å². The average Bonchev–Trinajstić information content (AvgIpc) is 3.44. The van der Waals surface area contributed by atoms with Gasteiger partial charge in [0.15, 0.2) is 5.78 Å². The fourth-order valence-electron chi connectivity index (χ4n) is 3.95. The van der Waals surface area contributed by atoms with Gasteiger partial charge in [-0.25, -0.2) is 0 Å². The molecule has 0 amide bonds. The van der Waals surface area contributed by atoms with Crippen LogP contribution >= 0.6 is 11.8 Å². The van der Waals surface area contributed by atoms with E-state index in [1.165, 1.54) is 31.7 Å². The zero-order chi connectivity index (χ0) is 22.8. The Hall–Kier alpha value is -2.55. The summed E-state index contributed by atoms with van der Waals surface area (Å²) in [7, 11) is 1.37. The molecular weight excluding hydrogens is 420 g/mol. The number of thioether (sulfide) groups is 1. The number of Topliss-reactive ketones (excluding diaryl/α,β-unsaturated/α-hetero) is 1. The number of benzene rings is 1. The van der Waals surface area contributed by atoms with Crippen LogP contribution in [-0.4, -0.2) is 30.1 Å². The van der Waals surface area contributed by atoms with Gasteiger partial charge in [-0.3, -0.25) is 9.59 Å². The van der Waals surface area contributed by atoms with Crippen molar-refractivity contribution in [2.45, 2.75) is 55.9 Å². The minimum Gasteiger partial charge on any atom is -0.469 e. The van der Waals surface area contributed by atoms with E-state index in [0.717, 1.165) is 17.7 Å². The van der Waals surface area contributed by atoms with E-state index in [9.17, 15) is 14.7 Å². The second-order valence-corrected chi connectivity index (χ2v) is 9.19. The Labute approximate surface area is 194 Å². The summed E-state index contributed by atoms with van der Waals surface area (Å²) in [6, 6.07) is 9.82. The second-order valence-electron chi connectivity index (χ2n) is 8.07. The lowest BCUT2D eigenvalue weighted by Crippen LogP contribution is -2.14. The highest BCUT2D eigenvalue weighted by atomic mass is 32.2. The molecule has 2 unspecified atom stereocenters. The van der Waals surface area contributed by atoms with Crippen molar-refractivity contribution < 1.29 is 19.4 Å². The number of esters is 1. The van der Waals surface area contributed by atoms with Crippen LogP contribution in [0.25, 0.3) is 0 Å². The largest absolute Gasteiger partial charge is 0.469 e. The van der Waals surface area contributed by atoms with Crippen LogP contribution in [0.15, 0.2) is 70.0 Å². The highest BCUT2D eigenvalue weighted by Gasteiger charge is 2.29. The summed E-state index contributed by atoms with van der Waals surface area (Å²) in [6.07, 6.45) is 12.9. The number of hydrogen-bond acceptors (Lipinski definition) is 5. The zero-order valence-corrected chi connectivity index (χ0v) is 19.3. The van der Waals surface area contributed by atoms with Crippen molar-refractivity contribution in [3.63, 3.8) is 0 Å². The van der Waals surface area contributed by atoms with Crippen molar-refractivity contribution in [3.05, 3.63) is 65.1 Å². The minimum absolute atomic E-state index is 0.0206. The Balaban J connectivity index is 1.71. The lowest BCUT2D eigenvalue weighted by molar-refractivity contribution is -0.140. The first-order chi connectivity index (χ1) is 15.6. The molecule has 0 aliphatic heterocycles. The predicted octanol–water partition coefficient (Wildman–Crippen LogP) is 5.24. The maximum Gasteiger partial charge on any atom is 0.305 e. The number of aliphatic hydroxyl groups excluding tert-OH is 1. The molecule has 0 spiro atoms. The van der Waals surface area contributed by atoms with Crippen molar-refractivity contribution in [3.8, 4) is 11.8 Å². The molecule has 1 aromatic carbocycles. The Morgan fingerprint density at radius 1 is 1.28 bits per heavy atom. The molecule has 0 radical (unpaired) electrons. The molecule has 1 fully saturated rings. The van der Waals surface area contributed by atoms with Gasteiger partial charge in [-0.15, -0.1) is 0 Å². The van der Waals surface area contributed by atoms with Crippen LogP contribution in [0.2, 0.25) is 0 Å². The van der Waals surface area contributed by atoms with Gasteiger partial charge in [-0.05, 0) is 43.4 Å². The molecule has 0 saturated heterocycles. The summed E-state index contributed by atoms with van der Waals surface area (Å²) in [5, 5.41) is 10.5. The predicted molar refractivity (Wildman–Crippen MR) is 128 cm³/mol. The fraction of sp³-hybridized carbons (Fsp3) is 0.407. The maximum atomic E-state index is 13.1. The summed E-state index contributed by atoms with van der Waals surface area (Å²) in [5.41, 5.74) is 0.624. The van der Waals surface area contributed by atoms with Gasteiger partial charge in [0.1, 0.15) is 0 Å². The van der Waals surface area contributed by atoms with Gasteiger partial charge in [-0.1, -0.05) is 72.9 Å². The van der Waals surface area contributed by atoms with Crippen LogP contribution < -0.4 is 0 Å². The zero-order valence-electron chi connectivity index (χ0n) is 18.5. The number of methoxy groups -OCH3 is 1. The number of unbranched alkanes of at least 4 members (excludes halogenated alkanes) is 1. The Morgan fingerprint density at radius 3 is 2.75 bits per heavy atom. The van der Waals surface area contributed by atoms with Crippen LogP contribution in [0, 0.1) is 23.7 Å². The van der Waals surface area contributed by atoms with Crippen molar-refractivity contribution in [2.75, 3.05) is 7.11 Å². The molecule has 0 heterocycles. The highest BCUT2D eigenvalue weighted by Crippen LogP contribution is 2.38. The van der Waals surface area contributed by atoms with Crippen molar-refractivity contribution in [1.29, 1.82) is 0 Å². The molecule has 1 aromatic rings. The fourth-order valence-corrected chi connectivity index (χ4v) is 4.93. The van der Waals surface area contributed by atoms with E-state index >= 15 is 0 Å². The average molecular weight is 451 g/mol. The molecule has 3 rings (SSSR count). The Bertz CT molecular complexity index is 943. The van der Waals surface area contributed by atoms with Crippen LogP contribution in [0.1, 0.15) is 44.9 Å². The molecule has 2 atom stereocenters. The number of rotatable bonds is 8. The van der Waals surface area contributed by atoms with Crippen LogP contribution in [0.5, 0.6) is 0 Å². The highest BCUT2D eigenvalue weighted by molar-refractivity contribution is 8.04. The van der Waals surface area contributed by atoms with Gasteiger partial charge in [-0.2, -0.15) is 0 Å². The molecule has 4 nitrogen and oxygen atoms in total. The molecule has 1 saturated carbocycles. The van der Waals surface area contributed by atoms with Crippen molar-refractivity contribution in [1.82, 2.24) is 0 Å². The van der Waals surface area contributed by atoms with Crippen LogP contribution in [0.4, 0.5) is 0 Å². The third-order valence-electron chi connectivity index (χ3n) is 5.79. The number of hydrogen-bond donors (Lipinski definition) is 1. The van der Waals surface area contributed by atoms with Gasteiger partial charge in [0.2, 0.25) is 0 Å². The number of carbonyl (C=O) groups excluding carboxylic acids is 2. The van der Waals surface area contributed by atoms with Gasteiger partial charge >= 0.3 is 5.97 Å². The monoisotopic (exact) mass is 450 g/mol. The topological polar surface area (TPSA) is 63.6 Å². The molecule has 0 bridgehead atoms. The molecule has 5 heteroatoms. The normalized spacial score (nSPS) is 20.9. The molecule has 32 heavy (non-hydrogen) atoms. The summed E-state index contributed by atoms with van der Waals surface area (Å²) < 4.78 is 4.63. The van der Waals surface area contributed by atoms with Crippen molar-refractivity contribution in [2.24, 2.45) is 11.8 Å². The molecule has 168 valence electrons. The van der Waals surface area contributed by atoms with Gasteiger partial charge in [0.25, 0.3) is 0 Å². The van der Waals surface area contributed by atoms with Gasteiger partial charge in [0, 0.05) is 29.2 Å². The number of ketones is 1. The van der Waals surface area contributed by atoms with E-state index in [2.05, 4.69) is 16.6 Å². The van der Waals surface area contributed by atoms with E-state index < -0.39 is 6.10 Å². The van der Waals surface area contributed by atoms with Crippen LogP contribution in [-0.2, 0) is 14.3 Å². The first-order valence-electron chi connectivity index (χ1n) is 11.2. The number of aliphatic hydroxyl groups is 1.